The molecule has 0 unspecified atom stereocenters. The summed E-state index contributed by atoms with van der Waals surface area (Å²) in [5.74, 6) is -1.97. The standard InChI is InChI=1S/C17H16N2O7/c1-25-13-7-11(16(22)23)12(8-14(13)26-2)19-17(24)18-10-5-3-4-9(6-10)15(20)21/h3-8H,1-2H3,(H,20,21)(H,22,23)(H2,18,19,24). The Kier molecular flexibility index (Phi) is 5.63. The Morgan fingerprint density at radius 3 is 2.12 bits per heavy atom. The maximum atomic E-state index is 12.2. The number of benzene rings is 2. The average Bonchev–Trinajstić information content (AvgIpc) is 2.61. The average molecular weight is 360 g/mol. The Hall–Kier alpha value is -3.75. The van der Waals surface area contributed by atoms with E-state index in [1.165, 1.54) is 50.6 Å². The fraction of sp³-hybridized carbons (Fsp3) is 0.118. The second kappa shape index (κ2) is 7.88. The Morgan fingerprint density at radius 2 is 1.54 bits per heavy atom. The number of carboxylic acids is 2. The van der Waals surface area contributed by atoms with Gasteiger partial charge in [-0.1, -0.05) is 6.07 Å². The number of hydrogen-bond acceptors (Lipinski definition) is 5. The minimum Gasteiger partial charge on any atom is -0.493 e. The lowest BCUT2D eigenvalue weighted by molar-refractivity contribution is 0.0686. The molecule has 0 heterocycles. The Balaban J connectivity index is 2.26. The molecule has 0 aliphatic carbocycles. The molecule has 26 heavy (non-hydrogen) atoms. The van der Waals surface area contributed by atoms with E-state index in [2.05, 4.69) is 10.6 Å². The molecule has 9 nitrogen and oxygen atoms in total. The number of nitrogens with one attached hydrogen (secondary N) is 2. The van der Waals surface area contributed by atoms with Crippen molar-refractivity contribution >= 4 is 29.3 Å². The summed E-state index contributed by atoms with van der Waals surface area (Å²) in [6.07, 6.45) is 0. The molecular formula is C17H16N2O7. The van der Waals surface area contributed by atoms with Crippen LogP contribution in [0.1, 0.15) is 20.7 Å². The van der Waals surface area contributed by atoms with Gasteiger partial charge in [0.1, 0.15) is 0 Å². The minimum absolute atomic E-state index is 0.000131. The third kappa shape index (κ3) is 4.20. The number of carbonyl (C=O) groups excluding carboxylic acids is 1. The molecule has 4 N–H and O–H groups in total. The number of urea groups is 1. The first-order valence-electron chi connectivity index (χ1n) is 7.26. The molecule has 9 heteroatoms. The van der Waals surface area contributed by atoms with Gasteiger partial charge in [-0.05, 0) is 18.2 Å². The monoisotopic (exact) mass is 360 g/mol. The van der Waals surface area contributed by atoms with Gasteiger partial charge in [0.25, 0.3) is 0 Å². The van der Waals surface area contributed by atoms with E-state index in [0.29, 0.717) is 0 Å². The van der Waals surface area contributed by atoms with E-state index < -0.39 is 18.0 Å². The quantitative estimate of drug-likeness (QED) is 0.622. The van der Waals surface area contributed by atoms with Crippen LogP contribution in [-0.2, 0) is 0 Å². The van der Waals surface area contributed by atoms with Crippen molar-refractivity contribution in [2.45, 2.75) is 0 Å². The van der Waals surface area contributed by atoms with Crippen LogP contribution in [0.4, 0.5) is 16.2 Å². The highest BCUT2D eigenvalue weighted by atomic mass is 16.5. The summed E-state index contributed by atoms with van der Waals surface area (Å²) in [5, 5.41) is 23.1. The van der Waals surface area contributed by atoms with Gasteiger partial charge >= 0.3 is 18.0 Å². The number of ether oxygens (including phenoxy) is 2. The molecule has 136 valence electrons. The van der Waals surface area contributed by atoms with Crippen LogP contribution < -0.4 is 20.1 Å². The molecular weight excluding hydrogens is 344 g/mol. The van der Waals surface area contributed by atoms with Crippen LogP contribution in [0.2, 0.25) is 0 Å². The molecule has 0 spiro atoms. The highest BCUT2D eigenvalue weighted by Gasteiger charge is 2.18. The summed E-state index contributed by atoms with van der Waals surface area (Å²) in [6.45, 7) is 0. The van der Waals surface area contributed by atoms with E-state index >= 15 is 0 Å². The lowest BCUT2D eigenvalue weighted by atomic mass is 10.1. The molecule has 0 bridgehead atoms. The molecule has 0 fully saturated rings. The van der Waals surface area contributed by atoms with Gasteiger partial charge in [0.2, 0.25) is 0 Å². The Morgan fingerprint density at radius 1 is 0.885 bits per heavy atom. The summed E-state index contributed by atoms with van der Waals surface area (Å²) in [7, 11) is 2.73. The maximum Gasteiger partial charge on any atom is 0.337 e. The van der Waals surface area contributed by atoms with Crippen molar-refractivity contribution in [2.24, 2.45) is 0 Å². The Labute approximate surface area is 148 Å². The number of amides is 2. The van der Waals surface area contributed by atoms with Crippen molar-refractivity contribution in [1.29, 1.82) is 0 Å². The van der Waals surface area contributed by atoms with Gasteiger partial charge in [0.05, 0.1) is 31.0 Å². The first-order chi connectivity index (χ1) is 12.3. The maximum absolute atomic E-state index is 12.2. The van der Waals surface area contributed by atoms with Crippen LogP contribution in [0.3, 0.4) is 0 Å². The minimum atomic E-state index is -1.27. The summed E-state index contributed by atoms with van der Waals surface area (Å²) in [4.78, 5) is 34.5. The van der Waals surface area contributed by atoms with Gasteiger partial charge in [-0.15, -0.1) is 0 Å². The molecule has 0 radical (unpaired) electrons. The van der Waals surface area contributed by atoms with E-state index in [-0.39, 0.29) is 34.0 Å². The number of methoxy groups -OCH3 is 2. The zero-order valence-electron chi connectivity index (χ0n) is 13.9. The predicted molar refractivity (Wildman–Crippen MR) is 92.5 cm³/mol. The lowest BCUT2D eigenvalue weighted by Gasteiger charge is -2.14. The third-order valence-electron chi connectivity index (χ3n) is 3.37. The number of carbonyl (C=O) groups is 3. The SMILES string of the molecule is COc1cc(NC(=O)Nc2cccc(C(=O)O)c2)c(C(=O)O)cc1OC. The smallest absolute Gasteiger partial charge is 0.337 e. The highest BCUT2D eigenvalue weighted by Crippen LogP contribution is 2.33. The fourth-order valence-corrected chi connectivity index (χ4v) is 2.17. The molecule has 0 aromatic heterocycles. The molecule has 2 aromatic carbocycles. The summed E-state index contributed by atoms with van der Waals surface area (Å²) in [5.41, 5.74) is 0.0269. The molecule has 2 aromatic rings. The molecule has 2 rings (SSSR count). The van der Waals surface area contributed by atoms with Crippen molar-refractivity contribution < 1.29 is 34.1 Å². The highest BCUT2D eigenvalue weighted by molar-refractivity contribution is 6.05. The van der Waals surface area contributed by atoms with E-state index in [1.54, 1.807) is 0 Å². The molecule has 0 saturated heterocycles. The van der Waals surface area contributed by atoms with Crippen LogP contribution in [0.25, 0.3) is 0 Å². The summed E-state index contributed by atoms with van der Waals surface area (Å²) < 4.78 is 10.1. The third-order valence-corrected chi connectivity index (χ3v) is 3.37. The van der Waals surface area contributed by atoms with Crippen molar-refractivity contribution in [3.63, 3.8) is 0 Å². The van der Waals surface area contributed by atoms with Gasteiger partial charge in [-0.25, -0.2) is 14.4 Å². The van der Waals surface area contributed by atoms with Gasteiger partial charge in [0.15, 0.2) is 11.5 Å². The predicted octanol–water partition coefficient (Wildman–Crippen LogP) is 2.74. The normalized spacial score (nSPS) is 9.92. The number of carboxylic acid groups (broad SMARTS) is 2. The van der Waals surface area contributed by atoms with E-state index in [9.17, 15) is 19.5 Å². The topological polar surface area (TPSA) is 134 Å². The van der Waals surface area contributed by atoms with Gasteiger partial charge in [-0.2, -0.15) is 0 Å². The van der Waals surface area contributed by atoms with E-state index in [4.69, 9.17) is 14.6 Å². The second-order valence-electron chi connectivity index (χ2n) is 5.02. The Bertz CT molecular complexity index is 864. The van der Waals surface area contributed by atoms with Gasteiger partial charge in [-0.3, -0.25) is 0 Å². The van der Waals surface area contributed by atoms with Crippen LogP contribution in [-0.4, -0.2) is 42.4 Å². The number of anilines is 2. The van der Waals surface area contributed by atoms with Gasteiger partial charge in [0, 0.05) is 17.8 Å². The first-order valence-corrected chi connectivity index (χ1v) is 7.26. The summed E-state index contributed by atoms with van der Waals surface area (Å²) in [6, 6.07) is 7.41. The summed E-state index contributed by atoms with van der Waals surface area (Å²) >= 11 is 0. The lowest BCUT2D eigenvalue weighted by Crippen LogP contribution is -2.21. The van der Waals surface area contributed by atoms with Crippen LogP contribution in [0.5, 0.6) is 11.5 Å². The van der Waals surface area contributed by atoms with Crippen LogP contribution in [0.15, 0.2) is 36.4 Å². The van der Waals surface area contributed by atoms with Crippen molar-refractivity contribution in [3.05, 3.63) is 47.5 Å². The first kappa shape index (κ1) is 18.6. The zero-order chi connectivity index (χ0) is 19.3. The van der Waals surface area contributed by atoms with Crippen molar-refractivity contribution in [1.82, 2.24) is 0 Å². The second-order valence-corrected chi connectivity index (χ2v) is 5.02. The van der Waals surface area contributed by atoms with Crippen LogP contribution in [0, 0.1) is 0 Å². The van der Waals surface area contributed by atoms with Crippen molar-refractivity contribution in [2.75, 3.05) is 24.9 Å². The number of rotatable bonds is 6. The van der Waals surface area contributed by atoms with E-state index in [0.717, 1.165) is 0 Å². The largest absolute Gasteiger partial charge is 0.493 e. The number of hydrogen-bond donors (Lipinski definition) is 4. The zero-order valence-corrected chi connectivity index (χ0v) is 13.9. The molecule has 0 aliphatic heterocycles. The molecule has 0 aliphatic rings. The molecule has 0 saturated carbocycles. The molecule has 0 atom stereocenters. The number of aromatic carboxylic acids is 2. The molecule has 2 amide bonds. The van der Waals surface area contributed by atoms with Crippen LogP contribution >= 0.6 is 0 Å². The van der Waals surface area contributed by atoms with Crippen molar-refractivity contribution in [3.8, 4) is 11.5 Å². The van der Waals surface area contributed by atoms with E-state index in [1.807, 2.05) is 0 Å². The fourth-order valence-electron chi connectivity index (χ4n) is 2.17. The van der Waals surface area contributed by atoms with Gasteiger partial charge < -0.3 is 30.3 Å².